The molecule has 0 bridgehead atoms. The van der Waals surface area contributed by atoms with Crippen molar-refractivity contribution in [1.82, 2.24) is 14.9 Å². The molecule has 8 heteroatoms. The molecule has 0 saturated carbocycles. The van der Waals surface area contributed by atoms with Crippen molar-refractivity contribution in [1.29, 1.82) is 5.26 Å². The Bertz CT molecular complexity index is 1110. The fraction of sp³-hybridized carbons (Fsp3) is 0.636. The van der Waals surface area contributed by atoms with Crippen molar-refractivity contribution in [3.63, 3.8) is 0 Å². The number of benzene rings is 1. The molecule has 1 aromatic carbocycles. The lowest BCUT2D eigenvalue weighted by molar-refractivity contribution is 0.0977. The minimum Gasteiger partial charge on any atom is -0.508 e. The molecule has 41 heavy (non-hydrogen) atoms. The van der Waals surface area contributed by atoms with E-state index in [9.17, 15) is 14.3 Å². The first-order chi connectivity index (χ1) is 19.6. The van der Waals surface area contributed by atoms with Crippen LogP contribution < -0.4 is 4.90 Å². The number of aromatic hydroxyl groups is 1. The summed E-state index contributed by atoms with van der Waals surface area (Å²) in [5, 5.41) is 18.3. The van der Waals surface area contributed by atoms with Gasteiger partial charge in [0.2, 0.25) is 5.95 Å². The van der Waals surface area contributed by atoms with Crippen LogP contribution in [-0.2, 0) is 13.0 Å². The zero-order valence-electron chi connectivity index (χ0n) is 26.6. The Kier molecular flexibility index (Phi) is 16.8. The third kappa shape index (κ3) is 11.8. The minimum absolute atomic E-state index is 0.140. The van der Waals surface area contributed by atoms with Crippen molar-refractivity contribution in [2.75, 3.05) is 31.1 Å². The summed E-state index contributed by atoms with van der Waals surface area (Å²) in [6.07, 6.45) is 5.12. The largest absolute Gasteiger partial charge is 0.508 e. The molecule has 1 aliphatic rings. The lowest BCUT2D eigenvalue weighted by Crippen LogP contribution is -2.32. The van der Waals surface area contributed by atoms with E-state index in [0.29, 0.717) is 23.9 Å². The number of halogens is 1. The molecule has 2 heterocycles. The van der Waals surface area contributed by atoms with Gasteiger partial charge in [-0.3, -0.25) is 9.69 Å². The van der Waals surface area contributed by atoms with Crippen molar-refractivity contribution < 1.29 is 14.3 Å². The van der Waals surface area contributed by atoms with Gasteiger partial charge in [-0.25, -0.2) is 4.98 Å². The van der Waals surface area contributed by atoms with Crippen LogP contribution in [0.5, 0.6) is 5.75 Å². The average molecular weight is 570 g/mol. The SMILES string of the molecule is CC.CC1CCN(Cc2ccc(O)cc2CC#N)CC1.CCCN(CC(C)CC)c1nc(F)c(C(=O)CC)nc1C. The van der Waals surface area contributed by atoms with Gasteiger partial charge in [0.25, 0.3) is 0 Å². The number of nitrogens with zero attached hydrogens (tertiary/aromatic N) is 5. The van der Waals surface area contributed by atoms with Crippen molar-refractivity contribution >= 4 is 11.6 Å². The number of Topliss-reactive ketones (excluding diaryl/α,β-unsaturated/α-hetero) is 1. The van der Waals surface area contributed by atoms with Gasteiger partial charge in [0.05, 0.1) is 18.2 Å². The van der Waals surface area contributed by atoms with Crippen LogP contribution in [0.4, 0.5) is 10.2 Å². The Morgan fingerprint density at radius 3 is 2.41 bits per heavy atom. The van der Waals surface area contributed by atoms with Crippen LogP contribution in [-0.4, -0.2) is 51.9 Å². The van der Waals surface area contributed by atoms with Gasteiger partial charge in [-0.05, 0) is 74.4 Å². The number of carbonyl (C=O) groups excluding carboxylic acids is 1. The lowest BCUT2D eigenvalue weighted by atomic mass is 9.97. The number of hydrogen-bond acceptors (Lipinski definition) is 7. The predicted molar refractivity (Wildman–Crippen MR) is 166 cm³/mol. The molecule has 0 aliphatic carbocycles. The third-order valence-corrected chi connectivity index (χ3v) is 7.34. The summed E-state index contributed by atoms with van der Waals surface area (Å²) in [6, 6.07) is 7.54. The van der Waals surface area contributed by atoms with Gasteiger partial charge in [-0.1, -0.05) is 61.0 Å². The number of phenolic OH excluding ortho intramolecular Hbond substituents is 1. The third-order valence-electron chi connectivity index (χ3n) is 7.34. The van der Waals surface area contributed by atoms with Crippen LogP contribution in [0.15, 0.2) is 18.2 Å². The van der Waals surface area contributed by atoms with Crippen LogP contribution in [0, 0.1) is 36.0 Å². The molecule has 1 saturated heterocycles. The van der Waals surface area contributed by atoms with Gasteiger partial charge < -0.3 is 10.0 Å². The number of aromatic nitrogens is 2. The number of phenols is 1. The van der Waals surface area contributed by atoms with Gasteiger partial charge in [0.15, 0.2) is 17.3 Å². The first-order valence-electron chi connectivity index (χ1n) is 15.4. The molecule has 0 amide bonds. The van der Waals surface area contributed by atoms with E-state index in [2.05, 4.69) is 53.5 Å². The number of likely N-dealkylation sites (tertiary alicyclic amines) is 1. The summed E-state index contributed by atoms with van der Waals surface area (Å²) in [6.45, 7) is 20.9. The highest BCUT2D eigenvalue weighted by molar-refractivity contribution is 5.94. The Morgan fingerprint density at radius 1 is 1.20 bits per heavy atom. The zero-order valence-corrected chi connectivity index (χ0v) is 26.6. The van der Waals surface area contributed by atoms with Crippen molar-refractivity contribution in [2.45, 2.75) is 100 Å². The molecule has 1 unspecified atom stereocenters. The molecule has 3 rings (SSSR count). The zero-order chi connectivity index (χ0) is 30.9. The van der Waals surface area contributed by atoms with Gasteiger partial charge in [-0.2, -0.15) is 14.6 Å². The molecule has 1 N–H and O–H groups in total. The van der Waals surface area contributed by atoms with Gasteiger partial charge in [0, 0.05) is 26.1 Å². The van der Waals surface area contributed by atoms with Crippen LogP contribution in [0.1, 0.15) is 108 Å². The average Bonchev–Trinajstić information content (AvgIpc) is 2.97. The monoisotopic (exact) mass is 569 g/mol. The van der Waals surface area contributed by atoms with E-state index in [0.717, 1.165) is 57.0 Å². The molecule has 7 nitrogen and oxygen atoms in total. The molecule has 1 aliphatic heterocycles. The number of piperidine rings is 1. The highest BCUT2D eigenvalue weighted by atomic mass is 19.1. The number of anilines is 1. The number of carbonyl (C=O) groups is 1. The second-order valence-electron chi connectivity index (χ2n) is 10.8. The normalized spacial score (nSPS) is 14.1. The van der Waals surface area contributed by atoms with Crippen molar-refractivity contribution in [3.05, 3.63) is 46.7 Å². The second-order valence-corrected chi connectivity index (χ2v) is 10.8. The maximum Gasteiger partial charge on any atom is 0.244 e. The van der Waals surface area contributed by atoms with E-state index in [1.54, 1.807) is 26.0 Å². The van der Waals surface area contributed by atoms with E-state index >= 15 is 0 Å². The summed E-state index contributed by atoms with van der Waals surface area (Å²) in [5.74, 6) is 1.07. The molecular formula is C33H52FN5O2. The van der Waals surface area contributed by atoms with E-state index in [1.165, 1.54) is 18.4 Å². The highest BCUT2D eigenvalue weighted by Crippen LogP contribution is 2.23. The molecule has 1 fully saturated rings. The first-order valence-corrected chi connectivity index (χ1v) is 15.4. The van der Waals surface area contributed by atoms with Crippen LogP contribution >= 0.6 is 0 Å². The van der Waals surface area contributed by atoms with Crippen LogP contribution in [0.2, 0.25) is 0 Å². The summed E-state index contributed by atoms with van der Waals surface area (Å²) in [5.41, 5.74) is 2.60. The van der Waals surface area contributed by atoms with E-state index in [4.69, 9.17) is 5.26 Å². The fourth-order valence-corrected chi connectivity index (χ4v) is 4.67. The second kappa shape index (κ2) is 19.1. The quantitative estimate of drug-likeness (QED) is 0.280. The molecular weight excluding hydrogens is 517 g/mol. The number of aryl methyl sites for hydroxylation is 1. The molecule has 0 spiro atoms. The number of ketones is 1. The van der Waals surface area contributed by atoms with E-state index in [-0.39, 0.29) is 23.6 Å². The minimum atomic E-state index is -0.757. The van der Waals surface area contributed by atoms with Crippen molar-refractivity contribution in [2.24, 2.45) is 11.8 Å². The number of nitriles is 1. The molecule has 1 aromatic heterocycles. The number of rotatable bonds is 11. The lowest BCUT2D eigenvalue weighted by Gasteiger charge is -2.30. The summed E-state index contributed by atoms with van der Waals surface area (Å²) in [7, 11) is 0. The fourth-order valence-electron chi connectivity index (χ4n) is 4.67. The topological polar surface area (TPSA) is 93.4 Å². The number of hydrogen-bond donors (Lipinski definition) is 1. The molecule has 1 atom stereocenters. The Labute approximate surface area is 247 Å². The van der Waals surface area contributed by atoms with Crippen LogP contribution in [0.25, 0.3) is 0 Å². The first kappa shape index (κ1) is 36.0. The van der Waals surface area contributed by atoms with Crippen LogP contribution in [0.3, 0.4) is 0 Å². The summed E-state index contributed by atoms with van der Waals surface area (Å²) in [4.78, 5) is 24.3. The van der Waals surface area contributed by atoms with Gasteiger partial charge in [0.1, 0.15) is 5.75 Å². The Morgan fingerprint density at radius 2 is 1.85 bits per heavy atom. The summed E-state index contributed by atoms with van der Waals surface area (Å²) >= 11 is 0. The summed E-state index contributed by atoms with van der Waals surface area (Å²) < 4.78 is 14.1. The van der Waals surface area contributed by atoms with Crippen molar-refractivity contribution in [3.8, 4) is 11.8 Å². The predicted octanol–water partition coefficient (Wildman–Crippen LogP) is 7.50. The molecule has 2 aromatic rings. The van der Waals surface area contributed by atoms with E-state index in [1.807, 2.05) is 19.9 Å². The highest BCUT2D eigenvalue weighted by Gasteiger charge is 2.21. The Balaban J connectivity index is 0.000000390. The molecule has 0 radical (unpaired) electrons. The molecule has 228 valence electrons. The standard InChI is InChI=1S/C16H26FN3O.C15H20N2O.C2H6/c1-6-9-20(10-11(4)7-2)16-12(5)18-14(13(21)8-3)15(17)19-16;1-12-5-8-17(9-6-12)11-14-2-3-15(18)10-13(14)4-7-16;1-2/h11H,6-10H2,1-5H3;2-3,10,12,18H,4-6,8-9,11H2,1H3;1-2H3. The maximum atomic E-state index is 14.1. The Hall–Kier alpha value is -3.05. The van der Waals surface area contributed by atoms with Gasteiger partial charge >= 0.3 is 0 Å². The maximum absolute atomic E-state index is 14.1. The smallest absolute Gasteiger partial charge is 0.244 e. The van der Waals surface area contributed by atoms with Gasteiger partial charge in [-0.15, -0.1) is 0 Å². The van der Waals surface area contributed by atoms with E-state index < -0.39 is 5.95 Å².